The second kappa shape index (κ2) is 7.68. The molecule has 1 fully saturated rings. The number of carbonyl (C=O) groups excluding carboxylic acids is 1. The molecule has 3 heterocycles. The normalized spacial score (nSPS) is 15.8. The summed E-state index contributed by atoms with van der Waals surface area (Å²) in [6.45, 7) is 10.8. The number of carbonyl (C=O) groups is 1. The molecule has 0 radical (unpaired) electrons. The van der Waals surface area contributed by atoms with Crippen LogP contribution in [-0.4, -0.2) is 58.8 Å². The SMILES string of the molecule is CN1CCN(c2cc(CNC(=O)c3cc(C(C)(C)C)nn3C)ccn2)CC1. The maximum atomic E-state index is 12.6. The number of rotatable bonds is 4. The van der Waals surface area contributed by atoms with Gasteiger partial charge in [-0.15, -0.1) is 0 Å². The van der Waals surface area contributed by atoms with Crippen LogP contribution in [0, 0.1) is 0 Å². The molecule has 146 valence electrons. The fraction of sp³-hybridized carbons (Fsp3) is 0.550. The van der Waals surface area contributed by atoms with Gasteiger partial charge in [0.05, 0.1) is 5.69 Å². The van der Waals surface area contributed by atoms with Gasteiger partial charge in [0.2, 0.25) is 0 Å². The first kappa shape index (κ1) is 19.4. The first-order valence-corrected chi connectivity index (χ1v) is 9.45. The first-order valence-electron chi connectivity index (χ1n) is 9.45. The van der Waals surface area contributed by atoms with Gasteiger partial charge in [0.25, 0.3) is 5.91 Å². The summed E-state index contributed by atoms with van der Waals surface area (Å²) >= 11 is 0. The van der Waals surface area contributed by atoms with Crippen LogP contribution in [0.1, 0.15) is 42.5 Å². The molecule has 7 nitrogen and oxygen atoms in total. The number of pyridine rings is 1. The Labute approximate surface area is 161 Å². The van der Waals surface area contributed by atoms with E-state index < -0.39 is 0 Å². The largest absolute Gasteiger partial charge is 0.354 e. The van der Waals surface area contributed by atoms with Crippen LogP contribution in [0.2, 0.25) is 0 Å². The first-order chi connectivity index (χ1) is 12.7. The molecule has 0 aromatic carbocycles. The topological polar surface area (TPSA) is 66.3 Å². The van der Waals surface area contributed by atoms with Crippen LogP contribution < -0.4 is 10.2 Å². The van der Waals surface area contributed by atoms with Crippen molar-refractivity contribution in [2.45, 2.75) is 32.7 Å². The van der Waals surface area contributed by atoms with Gasteiger partial charge in [-0.1, -0.05) is 20.8 Å². The zero-order valence-corrected chi connectivity index (χ0v) is 17.0. The van der Waals surface area contributed by atoms with Crippen molar-refractivity contribution in [3.63, 3.8) is 0 Å². The van der Waals surface area contributed by atoms with Crippen molar-refractivity contribution in [1.29, 1.82) is 0 Å². The van der Waals surface area contributed by atoms with Gasteiger partial charge in [-0.25, -0.2) is 4.98 Å². The van der Waals surface area contributed by atoms with E-state index in [0.717, 1.165) is 43.3 Å². The lowest BCUT2D eigenvalue weighted by molar-refractivity contribution is 0.0941. The molecule has 1 N–H and O–H groups in total. The molecule has 0 unspecified atom stereocenters. The van der Waals surface area contributed by atoms with Crippen molar-refractivity contribution in [2.24, 2.45) is 7.05 Å². The molecule has 27 heavy (non-hydrogen) atoms. The minimum atomic E-state index is -0.113. The van der Waals surface area contributed by atoms with Crippen molar-refractivity contribution in [2.75, 3.05) is 38.1 Å². The van der Waals surface area contributed by atoms with E-state index in [1.54, 1.807) is 4.68 Å². The molecule has 0 spiro atoms. The highest BCUT2D eigenvalue weighted by Crippen LogP contribution is 2.21. The highest BCUT2D eigenvalue weighted by atomic mass is 16.2. The lowest BCUT2D eigenvalue weighted by atomic mass is 9.92. The van der Waals surface area contributed by atoms with Crippen LogP contribution in [0.5, 0.6) is 0 Å². The lowest BCUT2D eigenvalue weighted by Gasteiger charge is -2.33. The maximum Gasteiger partial charge on any atom is 0.269 e. The van der Waals surface area contributed by atoms with Crippen molar-refractivity contribution in [3.8, 4) is 0 Å². The fourth-order valence-corrected chi connectivity index (χ4v) is 3.10. The summed E-state index contributed by atoms with van der Waals surface area (Å²) in [6.07, 6.45) is 1.82. The molecule has 1 aliphatic heterocycles. The van der Waals surface area contributed by atoms with Crippen LogP contribution in [-0.2, 0) is 19.0 Å². The summed E-state index contributed by atoms with van der Waals surface area (Å²) in [6, 6.07) is 5.89. The van der Waals surface area contributed by atoms with E-state index in [2.05, 4.69) is 59.1 Å². The summed E-state index contributed by atoms with van der Waals surface area (Å²) in [7, 11) is 3.95. The zero-order valence-electron chi connectivity index (χ0n) is 17.0. The molecular formula is C20H30N6O. The Kier molecular flexibility index (Phi) is 5.51. The van der Waals surface area contributed by atoms with Gasteiger partial charge < -0.3 is 15.1 Å². The van der Waals surface area contributed by atoms with Crippen LogP contribution in [0.25, 0.3) is 0 Å². The van der Waals surface area contributed by atoms with Crippen molar-refractivity contribution in [3.05, 3.63) is 41.3 Å². The minimum absolute atomic E-state index is 0.0845. The van der Waals surface area contributed by atoms with E-state index in [0.29, 0.717) is 12.2 Å². The van der Waals surface area contributed by atoms with Gasteiger partial charge in [0.1, 0.15) is 11.5 Å². The number of aryl methyl sites for hydroxylation is 1. The number of piperazine rings is 1. The van der Waals surface area contributed by atoms with Crippen LogP contribution in [0.4, 0.5) is 5.82 Å². The van der Waals surface area contributed by atoms with E-state index >= 15 is 0 Å². The van der Waals surface area contributed by atoms with Crippen LogP contribution in [0.3, 0.4) is 0 Å². The second-order valence-electron chi connectivity index (χ2n) is 8.28. The molecule has 7 heteroatoms. The zero-order chi connectivity index (χ0) is 19.6. The summed E-state index contributed by atoms with van der Waals surface area (Å²) in [5.74, 6) is 0.865. The van der Waals surface area contributed by atoms with Crippen molar-refractivity contribution >= 4 is 11.7 Å². The standard InChI is InChI=1S/C20H30N6O/c1-20(2,3)17-13-16(25(5)23-17)19(27)22-14-15-6-7-21-18(12-15)26-10-8-24(4)9-11-26/h6-7,12-13H,8-11,14H2,1-5H3,(H,22,27). The Bertz CT molecular complexity index is 799. The minimum Gasteiger partial charge on any atom is -0.354 e. The number of hydrogen-bond acceptors (Lipinski definition) is 5. The third-order valence-corrected chi connectivity index (χ3v) is 4.97. The van der Waals surface area contributed by atoms with E-state index in [1.165, 1.54) is 0 Å². The number of amides is 1. The van der Waals surface area contributed by atoms with Gasteiger partial charge in [0, 0.05) is 51.4 Å². The molecule has 2 aromatic heterocycles. The number of anilines is 1. The molecular weight excluding hydrogens is 340 g/mol. The number of aromatic nitrogens is 3. The van der Waals surface area contributed by atoms with Gasteiger partial charge in [0.15, 0.2) is 0 Å². The predicted octanol–water partition coefficient (Wildman–Crippen LogP) is 1.79. The second-order valence-corrected chi connectivity index (χ2v) is 8.28. The number of hydrogen-bond donors (Lipinski definition) is 1. The Morgan fingerprint density at radius 3 is 2.48 bits per heavy atom. The third kappa shape index (κ3) is 4.66. The highest BCUT2D eigenvalue weighted by molar-refractivity contribution is 5.92. The number of nitrogens with zero attached hydrogens (tertiary/aromatic N) is 5. The Hall–Kier alpha value is -2.41. The molecule has 3 rings (SSSR count). The van der Waals surface area contributed by atoms with Gasteiger partial charge >= 0.3 is 0 Å². The Morgan fingerprint density at radius 2 is 1.85 bits per heavy atom. The van der Waals surface area contributed by atoms with Gasteiger partial charge in [-0.05, 0) is 30.8 Å². The van der Waals surface area contributed by atoms with E-state index in [-0.39, 0.29) is 11.3 Å². The van der Waals surface area contributed by atoms with Gasteiger partial charge in [-0.2, -0.15) is 5.10 Å². The van der Waals surface area contributed by atoms with E-state index in [4.69, 9.17) is 0 Å². The quantitative estimate of drug-likeness (QED) is 0.889. The van der Waals surface area contributed by atoms with Gasteiger partial charge in [-0.3, -0.25) is 9.48 Å². The predicted molar refractivity (Wildman–Crippen MR) is 107 cm³/mol. The molecule has 1 aliphatic rings. The molecule has 0 aliphatic carbocycles. The van der Waals surface area contributed by atoms with Crippen LogP contribution >= 0.6 is 0 Å². The summed E-state index contributed by atoms with van der Waals surface area (Å²) in [5, 5.41) is 7.48. The summed E-state index contributed by atoms with van der Waals surface area (Å²) in [4.78, 5) is 21.7. The smallest absolute Gasteiger partial charge is 0.269 e. The highest BCUT2D eigenvalue weighted by Gasteiger charge is 2.21. The molecule has 0 atom stereocenters. The summed E-state index contributed by atoms with van der Waals surface area (Å²) < 4.78 is 1.65. The number of likely N-dealkylation sites (N-methyl/N-ethyl adjacent to an activating group) is 1. The number of nitrogens with one attached hydrogen (secondary N) is 1. The maximum absolute atomic E-state index is 12.6. The Balaban J connectivity index is 1.64. The molecule has 1 saturated heterocycles. The third-order valence-electron chi connectivity index (χ3n) is 4.97. The van der Waals surface area contributed by atoms with E-state index in [9.17, 15) is 4.79 Å². The molecule has 0 bridgehead atoms. The van der Waals surface area contributed by atoms with Crippen molar-refractivity contribution < 1.29 is 4.79 Å². The molecule has 2 aromatic rings. The molecule has 1 amide bonds. The monoisotopic (exact) mass is 370 g/mol. The fourth-order valence-electron chi connectivity index (χ4n) is 3.10. The molecule has 0 saturated carbocycles. The Morgan fingerprint density at radius 1 is 1.15 bits per heavy atom. The van der Waals surface area contributed by atoms with Crippen molar-refractivity contribution in [1.82, 2.24) is 25.0 Å². The average molecular weight is 371 g/mol. The average Bonchev–Trinajstić information content (AvgIpc) is 3.03. The summed E-state index contributed by atoms with van der Waals surface area (Å²) in [5.41, 5.74) is 2.45. The van der Waals surface area contributed by atoms with E-state index in [1.807, 2.05) is 25.4 Å². The lowest BCUT2D eigenvalue weighted by Crippen LogP contribution is -2.44. The van der Waals surface area contributed by atoms with Crippen LogP contribution in [0.15, 0.2) is 24.4 Å².